The molecule has 0 bridgehead atoms. The van der Waals surface area contributed by atoms with Crippen molar-refractivity contribution in [2.24, 2.45) is 11.5 Å². The summed E-state index contributed by atoms with van der Waals surface area (Å²) >= 11 is 0. The quantitative estimate of drug-likeness (QED) is 0.599. The van der Waals surface area contributed by atoms with Crippen molar-refractivity contribution in [2.75, 3.05) is 23.3 Å². The molecule has 0 aliphatic carbocycles. The Hall–Kier alpha value is -3.59. The topological polar surface area (TPSA) is 136 Å². The molecule has 9 nitrogen and oxygen atoms in total. The first-order valence-corrected chi connectivity index (χ1v) is 9.42. The molecular formula is C20H22N8O. The van der Waals surface area contributed by atoms with Crippen molar-refractivity contribution < 1.29 is 4.79 Å². The van der Waals surface area contributed by atoms with Gasteiger partial charge in [-0.15, -0.1) is 0 Å². The molecular weight excluding hydrogens is 368 g/mol. The average Bonchev–Trinajstić information content (AvgIpc) is 2.74. The van der Waals surface area contributed by atoms with E-state index in [0.29, 0.717) is 24.0 Å². The molecule has 1 fully saturated rings. The van der Waals surface area contributed by atoms with Crippen LogP contribution >= 0.6 is 0 Å². The van der Waals surface area contributed by atoms with Crippen LogP contribution < -0.4 is 21.7 Å². The molecule has 1 saturated heterocycles. The summed E-state index contributed by atoms with van der Waals surface area (Å²) in [6, 6.07) is 9.39. The van der Waals surface area contributed by atoms with E-state index < -0.39 is 5.91 Å². The summed E-state index contributed by atoms with van der Waals surface area (Å²) in [6.45, 7) is 1.55. The molecule has 4 rings (SSSR count). The summed E-state index contributed by atoms with van der Waals surface area (Å²) in [6.07, 6.45) is 6.92. The number of carbonyl (C=O) groups is 1. The minimum absolute atomic E-state index is 0.0800. The Bertz CT molecular complexity index is 1010. The van der Waals surface area contributed by atoms with Crippen LogP contribution in [0.5, 0.6) is 0 Å². The highest BCUT2D eigenvalue weighted by atomic mass is 16.1. The number of carbonyl (C=O) groups excluding carboxylic acids is 1. The van der Waals surface area contributed by atoms with Crippen LogP contribution in [-0.4, -0.2) is 45.0 Å². The van der Waals surface area contributed by atoms with Gasteiger partial charge in [0.1, 0.15) is 5.82 Å². The number of amides is 1. The monoisotopic (exact) mass is 390 g/mol. The van der Waals surface area contributed by atoms with Crippen molar-refractivity contribution in [3.63, 3.8) is 0 Å². The fourth-order valence-electron chi connectivity index (χ4n) is 3.34. The van der Waals surface area contributed by atoms with Gasteiger partial charge in [-0.2, -0.15) is 0 Å². The summed E-state index contributed by atoms with van der Waals surface area (Å²) < 4.78 is 0. The smallest absolute Gasteiger partial charge is 0.271 e. The van der Waals surface area contributed by atoms with Crippen LogP contribution in [0, 0.1) is 0 Å². The zero-order chi connectivity index (χ0) is 20.2. The number of primary amides is 1. The Morgan fingerprint density at radius 1 is 1.17 bits per heavy atom. The van der Waals surface area contributed by atoms with Gasteiger partial charge in [-0.05, 0) is 31.0 Å². The summed E-state index contributed by atoms with van der Waals surface area (Å²) in [4.78, 5) is 31.3. The molecule has 3 aromatic rings. The van der Waals surface area contributed by atoms with Crippen LogP contribution in [0.2, 0.25) is 0 Å². The lowest BCUT2D eigenvalue weighted by atomic mass is 10.1. The number of nitrogens with zero attached hydrogens (tertiary/aromatic N) is 5. The molecule has 29 heavy (non-hydrogen) atoms. The SMILES string of the molecule is NC(=O)c1ncc(N2CCCC(N)C2)nc1Nc1cccc(-c2ncccn2)c1. The first kappa shape index (κ1) is 18.8. The van der Waals surface area contributed by atoms with Crippen LogP contribution in [0.3, 0.4) is 0 Å². The molecule has 5 N–H and O–H groups in total. The molecule has 148 valence electrons. The maximum atomic E-state index is 11.9. The van der Waals surface area contributed by atoms with Gasteiger partial charge < -0.3 is 21.7 Å². The van der Waals surface area contributed by atoms with Crippen LogP contribution in [0.15, 0.2) is 48.9 Å². The third kappa shape index (κ3) is 4.30. The van der Waals surface area contributed by atoms with Crippen molar-refractivity contribution in [1.82, 2.24) is 19.9 Å². The number of anilines is 3. The minimum atomic E-state index is -0.649. The predicted octanol–water partition coefficient (Wildman–Crippen LogP) is 1.70. The normalized spacial score (nSPS) is 16.4. The van der Waals surface area contributed by atoms with E-state index >= 15 is 0 Å². The first-order chi connectivity index (χ1) is 14.1. The van der Waals surface area contributed by atoms with Crippen LogP contribution in [0.4, 0.5) is 17.3 Å². The lowest BCUT2D eigenvalue weighted by molar-refractivity contribution is 0.0996. The Morgan fingerprint density at radius 3 is 2.76 bits per heavy atom. The van der Waals surface area contributed by atoms with Crippen molar-refractivity contribution >= 4 is 23.2 Å². The number of hydrogen-bond acceptors (Lipinski definition) is 8. The number of hydrogen-bond donors (Lipinski definition) is 3. The van der Waals surface area contributed by atoms with Crippen molar-refractivity contribution in [3.8, 4) is 11.4 Å². The molecule has 1 aliphatic rings. The van der Waals surface area contributed by atoms with E-state index in [1.165, 1.54) is 0 Å². The number of aromatic nitrogens is 4. The second-order valence-electron chi connectivity index (χ2n) is 6.92. The van der Waals surface area contributed by atoms with E-state index in [1.807, 2.05) is 24.3 Å². The van der Waals surface area contributed by atoms with Crippen molar-refractivity contribution in [3.05, 3.63) is 54.6 Å². The second kappa shape index (κ2) is 8.19. The molecule has 9 heteroatoms. The van der Waals surface area contributed by atoms with Gasteiger partial charge in [-0.25, -0.2) is 19.9 Å². The number of benzene rings is 1. The first-order valence-electron chi connectivity index (χ1n) is 9.42. The Labute approximate surface area is 168 Å². The second-order valence-corrected chi connectivity index (χ2v) is 6.92. The zero-order valence-electron chi connectivity index (χ0n) is 15.8. The molecule has 3 heterocycles. The van der Waals surface area contributed by atoms with Gasteiger partial charge in [0.05, 0.1) is 6.20 Å². The molecule has 1 aliphatic heterocycles. The molecule has 1 unspecified atom stereocenters. The van der Waals surface area contributed by atoms with Crippen molar-refractivity contribution in [1.29, 1.82) is 0 Å². The highest BCUT2D eigenvalue weighted by Gasteiger charge is 2.21. The van der Waals surface area contributed by atoms with Crippen LogP contribution in [-0.2, 0) is 0 Å². The standard InChI is InChI=1S/C20H22N8O/c21-14-5-2-9-28(12-14)16-11-25-17(18(22)29)20(27-16)26-15-6-1-4-13(10-15)19-23-7-3-8-24-19/h1,3-4,6-8,10-11,14H,2,5,9,12,21H2,(H2,22,29)(H,26,27). The van der Waals surface area contributed by atoms with E-state index in [4.69, 9.17) is 11.5 Å². The van der Waals surface area contributed by atoms with Crippen LogP contribution in [0.1, 0.15) is 23.3 Å². The van der Waals surface area contributed by atoms with Gasteiger partial charge in [0.2, 0.25) is 0 Å². The number of nitrogens with two attached hydrogens (primary N) is 2. The summed E-state index contributed by atoms with van der Waals surface area (Å²) in [5, 5.41) is 3.17. The Morgan fingerprint density at radius 2 is 2.00 bits per heavy atom. The Kier molecular flexibility index (Phi) is 5.30. The molecule has 0 spiro atoms. The molecule has 1 aromatic carbocycles. The maximum Gasteiger partial charge on any atom is 0.271 e. The Balaban J connectivity index is 1.65. The van der Waals surface area contributed by atoms with Gasteiger partial charge in [0.15, 0.2) is 17.3 Å². The number of rotatable bonds is 5. The molecule has 2 aromatic heterocycles. The van der Waals surface area contributed by atoms with Gasteiger partial charge in [0, 0.05) is 42.8 Å². The maximum absolute atomic E-state index is 11.9. The van der Waals surface area contributed by atoms with E-state index in [0.717, 1.165) is 30.6 Å². The van der Waals surface area contributed by atoms with E-state index in [-0.39, 0.29) is 11.7 Å². The lowest BCUT2D eigenvalue weighted by Gasteiger charge is -2.31. The fraction of sp³-hybridized carbons (Fsp3) is 0.250. The van der Waals surface area contributed by atoms with E-state index in [2.05, 4.69) is 30.2 Å². The fourth-order valence-corrected chi connectivity index (χ4v) is 3.34. The molecule has 1 amide bonds. The van der Waals surface area contributed by atoms with Gasteiger partial charge >= 0.3 is 0 Å². The van der Waals surface area contributed by atoms with Gasteiger partial charge in [-0.1, -0.05) is 12.1 Å². The zero-order valence-corrected chi connectivity index (χ0v) is 15.8. The minimum Gasteiger partial charge on any atom is -0.364 e. The number of piperidine rings is 1. The summed E-state index contributed by atoms with van der Waals surface area (Å²) in [7, 11) is 0. The van der Waals surface area contributed by atoms with E-state index in [9.17, 15) is 4.79 Å². The highest BCUT2D eigenvalue weighted by molar-refractivity contribution is 5.96. The largest absolute Gasteiger partial charge is 0.364 e. The van der Waals surface area contributed by atoms with Crippen molar-refractivity contribution in [2.45, 2.75) is 18.9 Å². The molecule has 1 atom stereocenters. The summed E-state index contributed by atoms with van der Waals surface area (Å²) in [5.74, 6) is 0.924. The average molecular weight is 390 g/mol. The summed E-state index contributed by atoms with van der Waals surface area (Å²) in [5.41, 5.74) is 13.2. The highest BCUT2D eigenvalue weighted by Crippen LogP contribution is 2.25. The number of nitrogens with one attached hydrogen (secondary N) is 1. The lowest BCUT2D eigenvalue weighted by Crippen LogP contribution is -2.43. The van der Waals surface area contributed by atoms with Gasteiger partial charge in [-0.3, -0.25) is 4.79 Å². The van der Waals surface area contributed by atoms with Gasteiger partial charge in [0.25, 0.3) is 5.91 Å². The third-order valence-corrected chi connectivity index (χ3v) is 4.72. The predicted molar refractivity (Wildman–Crippen MR) is 111 cm³/mol. The third-order valence-electron chi connectivity index (χ3n) is 4.72. The van der Waals surface area contributed by atoms with Crippen LogP contribution in [0.25, 0.3) is 11.4 Å². The molecule has 0 saturated carbocycles. The molecule has 0 radical (unpaired) electrons. The van der Waals surface area contributed by atoms with E-state index in [1.54, 1.807) is 24.7 Å².